The lowest BCUT2D eigenvalue weighted by molar-refractivity contribution is 0.0944. The van der Waals surface area contributed by atoms with Crippen LogP contribution in [0.1, 0.15) is 53.6 Å². The van der Waals surface area contributed by atoms with Gasteiger partial charge in [0.2, 0.25) is 0 Å². The number of carbonyl (C=O) groups excluding carboxylic acids is 1. The van der Waals surface area contributed by atoms with Gasteiger partial charge in [-0.25, -0.2) is 8.42 Å². The molecule has 0 unspecified atom stereocenters. The van der Waals surface area contributed by atoms with Crippen LogP contribution in [0.15, 0.2) is 83.8 Å². The third-order valence-corrected chi connectivity index (χ3v) is 8.25. The van der Waals surface area contributed by atoms with E-state index in [1.165, 1.54) is 23.6 Å². The first-order valence-corrected chi connectivity index (χ1v) is 13.4. The summed E-state index contributed by atoms with van der Waals surface area (Å²) in [6.07, 6.45) is 5.93. The van der Waals surface area contributed by atoms with Crippen molar-refractivity contribution in [1.82, 2.24) is 5.32 Å². The van der Waals surface area contributed by atoms with Crippen LogP contribution in [-0.2, 0) is 16.6 Å². The average molecular weight is 477 g/mol. The largest absolute Gasteiger partial charge is 0.352 e. The number of amides is 1. The Morgan fingerprint density at radius 2 is 1.53 bits per heavy atom. The normalized spacial score (nSPS) is 14.5. The van der Waals surface area contributed by atoms with Crippen LogP contribution in [-0.4, -0.2) is 20.9 Å². The van der Waals surface area contributed by atoms with E-state index in [9.17, 15) is 13.2 Å². The van der Waals surface area contributed by atoms with E-state index >= 15 is 0 Å². The third-order valence-electron chi connectivity index (χ3n) is 6.47. The molecule has 5 nitrogen and oxygen atoms in total. The molecule has 1 saturated carbocycles. The Bertz CT molecular complexity index is 1200. The lowest BCUT2D eigenvalue weighted by Gasteiger charge is -2.27. The van der Waals surface area contributed by atoms with Gasteiger partial charge in [0, 0.05) is 6.54 Å². The van der Waals surface area contributed by atoms with Gasteiger partial charge in [-0.1, -0.05) is 79.4 Å². The Hall–Kier alpha value is -3.12. The molecule has 0 bridgehead atoms. The number of benzene rings is 3. The predicted molar refractivity (Wildman–Crippen MR) is 136 cm³/mol. The van der Waals surface area contributed by atoms with Crippen molar-refractivity contribution >= 4 is 21.6 Å². The van der Waals surface area contributed by atoms with E-state index in [1.54, 1.807) is 48.5 Å². The topological polar surface area (TPSA) is 66.5 Å². The molecule has 1 N–H and O–H groups in total. The van der Waals surface area contributed by atoms with Gasteiger partial charge in [-0.3, -0.25) is 9.10 Å². The van der Waals surface area contributed by atoms with E-state index in [0.29, 0.717) is 23.7 Å². The number of hydrogen-bond acceptors (Lipinski definition) is 3. The molecule has 0 saturated heterocycles. The fourth-order valence-corrected chi connectivity index (χ4v) is 5.96. The number of sulfonamides is 1. The smallest absolute Gasteiger partial charge is 0.264 e. The molecule has 1 amide bonds. The lowest BCUT2D eigenvalue weighted by atomic mass is 9.89. The summed E-state index contributed by atoms with van der Waals surface area (Å²) in [5.74, 6) is 0.250. The van der Waals surface area contributed by atoms with E-state index in [2.05, 4.69) is 5.32 Å². The molecular formula is C28H32N2O3S. The molecular weight excluding hydrogens is 444 g/mol. The van der Waals surface area contributed by atoms with Crippen LogP contribution < -0.4 is 9.62 Å². The summed E-state index contributed by atoms with van der Waals surface area (Å²) in [4.78, 5) is 13.4. The summed E-state index contributed by atoms with van der Waals surface area (Å²) < 4.78 is 29.0. The monoisotopic (exact) mass is 476 g/mol. The van der Waals surface area contributed by atoms with Crippen LogP contribution in [0.25, 0.3) is 0 Å². The molecule has 0 aliphatic heterocycles. The first kappa shape index (κ1) is 24.0. The number of nitrogens with zero attached hydrogens (tertiary/aromatic N) is 1. The lowest BCUT2D eigenvalue weighted by Crippen LogP contribution is -2.35. The van der Waals surface area contributed by atoms with Crippen molar-refractivity contribution in [2.75, 3.05) is 10.8 Å². The summed E-state index contributed by atoms with van der Waals surface area (Å²) in [5.41, 5.74) is 2.57. The van der Waals surface area contributed by atoms with Crippen molar-refractivity contribution in [3.63, 3.8) is 0 Å². The van der Waals surface area contributed by atoms with Gasteiger partial charge in [0.15, 0.2) is 0 Å². The van der Waals surface area contributed by atoms with Gasteiger partial charge in [-0.2, -0.15) is 0 Å². The Balaban J connectivity index is 1.68. The first-order valence-electron chi connectivity index (χ1n) is 12.0. The molecule has 3 aromatic carbocycles. The predicted octanol–water partition coefficient (Wildman–Crippen LogP) is 5.70. The highest BCUT2D eigenvalue weighted by Gasteiger charge is 2.29. The Morgan fingerprint density at radius 1 is 0.882 bits per heavy atom. The fourth-order valence-electron chi connectivity index (χ4n) is 4.49. The number of carbonyl (C=O) groups is 1. The summed E-state index contributed by atoms with van der Waals surface area (Å²) in [6.45, 7) is 2.67. The molecule has 178 valence electrons. The summed E-state index contributed by atoms with van der Waals surface area (Å²) in [6, 6.07) is 23.2. The zero-order valence-electron chi connectivity index (χ0n) is 19.6. The van der Waals surface area contributed by atoms with Crippen LogP contribution in [0.3, 0.4) is 0 Å². The Kier molecular flexibility index (Phi) is 7.68. The standard InChI is InChI=1S/C28H32N2O3S/c1-22-16-18-25(19-17-22)34(32,33)30(21-24-12-6-3-7-13-24)27-15-9-8-14-26(27)28(31)29-20-23-10-4-2-5-11-23/h3,6-9,12-19,23H,2,4-5,10-11,20-21H2,1H3,(H,29,31). The second kappa shape index (κ2) is 10.9. The minimum absolute atomic E-state index is 0.129. The summed E-state index contributed by atoms with van der Waals surface area (Å²) in [5, 5.41) is 3.07. The fraction of sp³-hybridized carbons (Fsp3) is 0.321. The zero-order valence-corrected chi connectivity index (χ0v) is 20.4. The van der Waals surface area contributed by atoms with Gasteiger partial charge in [0.1, 0.15) is 0 Å². The number of rotatable bonds is 8. The number of anilines is 1. The maximum absolute atomic E-state index is 13.8. The minimum Gasteiger partial charge on any atom is -0.352 e. The van der Waals surface area contributed by atoms with Gasteiger partial charge in [0.05, 0.1) is 22.7 Å². The second-order valence-corrected chi connectivity index (χ2v) is 10.9. The van der Waals surface area contributed by atoms with E-state index < -0.39 is 10.0 Å². The van der Waals surface area contributed by atoms with Gasteiger partial charge >= 0.3 is 0 Å². The highest BCUT2D eigenvalue weighted by Crippen LogP contribution is 2.30. The molecule has 6 heteroatoms. The molecule has 0 heterocycles. The molecule has 0 radical (unpaired) electrons. The quantitative estimate of drug-likeness (QED) is 0.453. The van der Waals surface area contributed by atoms with Crippen LogP contribution in [0.5, 0.6) is 0 Å². The maximum atomic E-state index is 13.8. The van der Waals surface area contributed by atoms with E-state index in [4.69, 9.17) is 0 Å². The van der Waals surface area contributed by atoms with E-state index in [1.807, 2.05) is 37.3 Å². The third kappa shape index (κ3) is 5.68. The van der Waals surface area contributed by atoms with Crippen molar-refractivity contribution in [2.24, 2.45) is 5.92 Å². The van der Waals surface area contributed by atoms with Gasteiger partial charge in [0.25, 0.3) is 15.9 Å². The molecule has 0 spiro atoms. The van der Waals surface area contributed by atoms with Crippen LogP contribution in [0, 0.1) is 12.8 Å². The summed E-state index contributed by atoms with van der Waals surface area (Å²) in [7, 11) is -3.91. The second-order valence-electron chi connectivity index (χ2n) is 9.04. The maximum Gasteiger partial charge on any atom is 0.264 e. The Labute approximate surface area is 202 Å². The number of aryl methyl sites for hydroxylation is 1. The highest BCUT2D eigenvalue weighted by molar-refractivity contribution is 7.92. The van der Waals surface area contributed by atoms with Crippen molar-refractivity contribution < 1.29 is 13.2 Å². The molecule has 1 aliphatic carbocycles. The van der Waals surface area contributed by atoms with Gasteiger partial charge in [-0.05, 0) is 55.5 Å². The number of hydrogen-bond donors (Lipinski definition) is 1. The molecule has 1 aliphatic rings. The SMILES string of the molecule is Cc1ccc(S(=O)(=O)N(Cc2ccccc2)c2ccccc2C(=O)NCC2CCCCC2)cc1. The van der Waals surface area contributed by atoms with Crippen molar-refractivity contribution in [3.8, 4) is 0 Å². The highest BCUT2D eigenvalue weighted by atomic mass is 32.2. The van der Waals surface area contributed by atoms with E-state index in [-0.39, 0.29) is 17.3 Å². The number of para-hydroxylation sites is 1. The first-order chi connectivity index (χ1) is 16.4. The molecule has 0 aromatic heterocycles. The summed E-state index contributed by atoms with van der Waals surface area (Å²) >= 11 is 0. The average Bonchev–Trinajstić information content (AvgIpc) is 2.87. The molecule has 1 fully saturated rings. The Morgan fingerprint density at radius 3 is 2.24 bits per heavy atom. The van der Waals surface area contributed by atoms with Crippen molar-refractivity contribution in [3.05, 3.63) is 95.6 Å². The molecule has 4 rings (SSSR count). The van der Waals surface area contributed by atoms with Crippen LogP contribution in [0.4, 0.5) is 5.69 Å². The zero-order chi connectivity index (χ0) is 24.0. The minimum atomic E-state index is -3.91. The van der Waals surface area contributed by atoms with E-state index in [0.717, 1.165) is 24.0 Å². The van der Waals surface area contributed by atoms with Crippen molar-refractivity contribution in [1.29, 1.82) is 0 Å². The van der Waals surface area contributed by atoms with Crippen LogP contribution >= 0.6 is 0 Å². The van der Waals surface area contributed by atoms with Gasteiger partial charge in [-0.15, -0.1) is 0 Å². The van der Waals surface area contributed by atoms with Crippen LogP contribution in [0.2, 0.25) is 0 Å². The molecule has 0 atom stereocenters. The molecule has 3 aromatic rings. The molecule has 34 heavy (non-hydrogen) atoms. The van der Waals surface area contributed by atoms with Crippen molar-refractivity contribution in [2.45, 2.75) is 50.5 Å². The van der Waals surface area contributed by atoms with Gasteiger partial charge < -0.3 is 5.32 Å². The number of nitrogens with one attached hydrogen (secondary N) is 1.